The van der Waals surface area contributed by atoms with Crippen molar-refractivity contribution in [2.45, 2.75) is 12.5 Å². The second-order valence-corrected chi connectivity index (χ2v) is 9.76. The Morgan fingerprint density at radius 3 is 2.56 bits per heavy atom. The molecule has 1 heterocycles. The fourth-order valence-corrected chi connectivity index (χ4v) is 4.85. The zero-order valence-electron chi connectivity index (χ0n) is 17.1. The summed E-state index contributed by atoms with van der Waals surface area (Å²) < 4.78 is 45.4. The lowest BCUT2D eigenvalue weighted by Crippen LogP contribution is -2.37. The van der Waals surface area contributed by atoms with E-state index in [1.165, 1.54) is 37.4 Å². The van der Waals surface area contributed by atoms with E-state index in [-0.39, 0.29) is 35.6 Å². The van der Waals surface area contributed by atoms with E-state index in [0.29, 0.717) is 15.4 Å². The van der Waals surface area contributed by atoms with Crippen molar-refractivity contribution in [2.75, 3.05) is 24.2 Å². The van der Waals surface area contributed by atoms with Crippen LogP contribution in [0.25, 0.3) is 22.3 Å². The maximum absolute atomic E-state index is 13.4. The first kappa shape index (κ1) is 23.7. The van der Waals surface area contributed by atoms with Crippen LogP contribution in [0.2, 0.25) is 0 Å². The van der Waals surface area contributed by atoms with Gasteiger partial charge in [0.05, 0.1) is 42.6 Å². The summed E-state index contributed by atoms with van der Waals surface area (Å²) in [5, 5.41) is 21.8. The number of halogens is 2. The molecular weight excluding hydrogens is 505 g/mol. The predicted octanol–water partition coefficient (Wildman–Crippen LogP) is 3.40. The summed E-state index contributed by atoms with van der Waals surface area (Å²) in [7, 11) is -2.37. The van der Waals surface area contributed by atoms with Gasteiger partial charge in [-0.1, -0.05) is 0 Å². The van der Waals surface area contributed by atoms with Crippen molar-refractivity contribution in [1.82, 2.24) is 5.32 Å². The number of fused-ring (bicyclic) bond motifs is 1. The molecule has 0 saturated heterocycles. The number of furan rings is 1. The van der Waals surface area contributed by atoms with Crippen molar-refractivity contribution in [2.24, 2.45) is 0 Å². The van der Waals surface area contributed by atoms with Gasteiger partial charge in [-0.25, -0.2) is 12.8 Å². The third-order valence-electron chi connectivity index (χ3n) is 4.69. The van der Waals surface area contributed by atoms with E-state index < -0.39 is 27.9 Å². The number of nitriles is 1. The monoisotopic (exact) mass is 523 g/mol. The number of anilines is 1. The molecule has 2 aromatic carbocycles. The average molecular weight is 524 g/mol. The molecule has 0 spiro atoms. The van der Waals surface area contributed by atoms with Gasteiger partial charge < -0.3 is 14.8 Å². The van der Waals surface area contributed by atoms with Gasteiger partial charge in [0.1, 0.15) is 17.2 Å². The van der Waals surface area contributed by atoms with Crippen LogP contribution in [0, 0.1) is 17.1 Å². The zero-order chi connectivity index (χ0) is 23.6. The Bertz CT molecular complexity index is 1320. The standard InChI is InChI=1S/C21H19BrFN3O5S/c1-25-21(28)19-15-9-16(22)17(26(32(2,29)30)11-14(27)7-8-24)10-18(15)31-20(19)12-3-5-13(23)6-4-12/h3-6,9-10,14,27H,7,11H2,1-2H3,(H,25,28). The predicted molar refractivity (Wildman–Crippen MR) is 121 cm³/mol. The maximum atomic E-state index is 13.4. The van der Waals surface area contributed by atoms with E-state index >= 15 is 0 Å². The Morgan fingerprint density at radius 2 is 2.00 bits per heavy atom. The number of aliphatic hydroxyl groups is 1. The number of carbonyl (C=O) groups is 1. The average Bonchev–Trinajstić information content (AvgIpc) is 3.09. The number of carbonyl (C=O) groups excluding carboxylic acids is 1. The quantitative estimate of drug-likeness (QED) is 0.489. The highest BCUT2D eigenvalue weighted by atomic mass is 79.9. The lowest BCUT2D eigenvalue weighted by atomic mass is 10.0. The highest BCUT2D eigenvalue weighted by molar-refractivity contribution is 9.10. The van der Waals surface area contributed by atoms with Gasteiger partial charge >= 0.3 is 0 Å². The first-order valence-electron chi connectivity index (χ1n) is 9.33. The van der Waals surface area contributed by atoms with Gasteiger partial charge in [-0.05, 0) is 46.3 Å². The van der Waals surface area contributed by atoms with Crippen LogP contribution in [-0.4, -0.2) is 45.4 Å². The minimum absolute atomic E-state index is 0.167. The number of sulfonamides is 1. The number of rotatable bonds is 7. The molecule has 0 fully saturated rings. The van der Waals surface area contributed by atoms with E-state index in [1.54, 1.807) is 12.1 Å². The number of aliphatic hydroxyl groups excluding tert-OH is 1. The number of nitrogens with one attached hydrogen (secondary N) is 1. The van der Waals surface area contributed by atoms with E-state index in [9.17, 15) is 22.7 Å². The van der Waals surface area contributed by atoms with Crippen LogP contribution in [-0.2, 0) is 10.0 Å². The molecular formula is C21H19BrFN3O5S. The van der Waals surface area contributed by atoms with Crippen molar-refractivity contribution >= 4 is 48.5 Å². The maximum Gasteiger partial charge on any atom is 0.255 e. The summed E-state index contributed by atoms with van der Waals surface area (Å²) in [5.41, 5.74) is 1.05. The third kappa shape index (κ3) is 4.77. The van der Waals surface area contributed by atoms with Gasteiger partial charge in [0, 0.05) is 28.5 Å². The molecule has 1 aromatic heterocycles. The molecule has 0 saturated carbocycles. The lowest BCUT2D eigenvalue weighted by molar-refractivity contribution is 0.0964. The summed E-state index contributed by atoms with van der Waals surface area (Å²) >= 11 is 3.34. The van der Waals surface area contributed by atoms with Crippen molar-refractivity contribution in [3.05, 3.63) is 52.3 Å². The molecule has 3 aromatic rings. The Hall–Kier alpha value is -2.94. The molecule has 1 unspecified atom stereocenters. The van der Waals surface area contributed by atoms with E-state index in [0.717, 1.165) is 10.6 Å². The van der Waals surface area contributed by atoms with Gasteiger partial charge in [-0.3, -0.25) is 9.10 Å². The summed E-state index contributed by atoms with van der Waals surface area (Å²) in [5.74, 6) is -0.693. The fourth-order valence-electron chi connectivity index (χ4n) is 3.23. The van der Waals surface area contributed by atoms with Crippen LogP contribution in [0.15, 0.2) is 45.3 Å². The molecule has 0 aliphatic carbocycles. The number of benzene rings is 2. The number of hydrogen-bond donors (Lipinski definition) is 2. The molecule has 0 radical (unpaired) electrons. The van der Waals surface area contributed by atoms with Crippen LogP contribution < -0.4 is 9.62 Å². The van der Waals surface area contributed by atoms with Gasteiger partial charge in [0.2, 0.25) is 10.0 Å². The molecule has 11 heteroatoms. The summed E-state index contributed by atoms with van der Waals surface area (Å²) in [6.07, 6.45) is -0.474. The number of hydrogen-bond acceptors (Lipinski definition) is 6. The largest absolute Gasteiger partial charge is 0.455 e. The topological polar surface area (TPSA) is 124 Å². The summed E-state index contributed by atoms with van der Waals surface area (Å²) in [6.45, 7) is -0.343. The van der Waals surface area contributed by atoms with Crippen molar-refractivity contribution in [1.29, 1.82) is 5.26 Å². The minimum Gasteiger partial charge on any atom is -0.455 e. The van der Waals surface area contributed by atoms with Crippen LogP contribution >= 0.6 is 15.9 Å². The van der Waals surface area contributed by atoms with Gasteiger partial charge in [0.25, 0.3) is 5.91 Å². The Balaban J connectivity index is 2.23. The number of amides is 1. The molecule has 1 atom stereocenters. The molecule has 0 aliphatic heterocycles. The number of nitrogens with zero attached hydrogens (tertiary/aromatic N) is 2. The molecule has 8 nitrogen and oxygen atoms in total. The Morgan fingerprint density at radius 1 is 1.34 bits per heavy atom. The lowest BCUT2D eigenvalue weighted by Gasteiger charge is -2.25. The van der Waals surface area contributed by atoms with Crippen molar-refractivity contribution in [3.8, 4) is 17.4 Å². The van der Waals surface area contributed by atoms with Crippen LogP contribution in [0.4, 0.5) is 10.1 Å². The van der Waals surface area contributed by atoms with Crippen molar-refractivity contribution < 1.29 is 27.1 Å². The SMILES string of the molecule is CNC(=O)c1c(-c2ccc(F)cc2)oc2cc(N(CC(O)CC#N)S(C)(=O)=O)c(Br)cc12. The summed E-state index contributed by atoms with van der Waals surface area (Å²) in [6, 6.07) is 10.2. The van der Waals surface area contributed by atoms with E-state index in [1.807, 2.05) is 0 Å². The highest BCUT2D eigenvalue weighted by Gasteiger charge is 2.27. The first-order valence-corrected chi connectivity index (χ1v) is 12.0. The molecule has 32 heavy (non-hydrogen) atoms. The molecule has 0 aliphatic rings. The Kier molecular flexibility index (Phi) is 6.88. The first-order chi connectivity index (χ1) is 15.1. The third-order valence-corrected chi connectivity index (χ3v) is 6.47. The minimum atomic E-state index is -3.83. The van der Waals surface area contributed by atoms with Gasteiger partial charge in [0.15, 0.2) is 0 Å². The molecule has 2 N–H and O–H groups in total. The smallest absolute Gasteiger partial charge is 0.255 e. The Labute approximate surface area is 192 Å². The molecule has 3 rings (SSSR count). The second-order valence-electron chi connectivity index (χ2n) is 7.00. The van der Waals surface area contributed by atoms with Crippen LogP contribution in [0.3, 0.4) is 0 Å². The van der Waals surface area contributed by atoms with Gasteiger partial charge in [-0.15, -0.1) is 0 Å². The molecule has 0 bridgehead atoms. The van der Waals surface area contributed by atoms with Crippen molar-refractivity contribution in [3.63, 3.8) is 0 Å². The second kappa shape index (κ2) is 9.28. The fraction of sp³-hybridized carbons (Fsp3) is 0.238. The van der Waals surface area contributed by atoms with Gasteiger partial charge in [-0.2, -0.15) is 5.26 Å². The zero-order valence-corrected chi connectivity index (χ0v) is 19.5. The summed E-state index contributed by atoms with van der Waals surface area (Å²) in [4.78, 5) is 12.6. The molecule has 168 valence electrons. The normalized spacial score (nSPS) is 12.4. The highest BCUT2D eigenvalue weighted by Crippen LogP contribution is 2.39. The van der Waals surface area contributed by atoms with Crippen LogP contribution in [0.1, 0.15) is 16.8 Å². The van der Waals surface area contributed by atoms with E-state index in [2.05, 4.69) is 21.2 Å². The molecule has 1 amide bonds. The van der Waals surface area contributed by atoms with E-state index in [4.69, 9.17) is 9.68 Å². The van der Waals surface area contributed by atoms with Crippen LogP contribution in [0.5, 0.6) is 0 Å².